The number of methoxy groups -OCH3 is 1. The highest BCUT2D eigenvalue weighted by atomic mass is 19.2. The lowest BCUT2D eigenvalue weighted by atomic mass is 9.98. The fourth-order valence-corrected chi connectivity index (χ4v) is 3.83. The highest BCUT2D eigenvalue weighted by Gasteiger charge is 2.10. The van der Waals surface area contributed by atoms with E-state index in [9.17, 15) is 8.78 Å². The summed E-state index contributed by atoms with van der Waals surface area (Å²) >= 11 is 0. The van der Waals surface area contributed by atoms with Gasteiger partial charge in [-0.1, -0.05) is 36.4 Å². The van der Waals surface area contributed by atoms with Gasteiger partial charge in [0.1, 0.15) is 5.82 Å². The number of ether oxygens (including phenoxy) is 1. The zero-order valence-electron chi connectivity index (χ0n) is 17.9. The summed E-state index contributed by atoms with van der Waals surface area (Å²) in [5.74, 6) is -2.04. The highest BCUT2D eigenvalue weighted by Crippen LogP contribution is 2.27. The van der Waals surface area contributed by atoms with Crippen LogP contribution in [0.2, 0.25) is 0 Å². The maximum Gasteiger partial charge on any atom is 0.159 e. The van der Waals surface area contributed by atoms with Gasteiger partial charge in [-0.25, -0.2) is 13.2 Å². The molecule has 0 N–H and O–H groups in total. The lowest BCUT2D eigenvalue weighted by Gasteiger charge is -2.09. The number of hydrogen-bond acceptors (Lipinski definition) is 2. The Kier molecular flexibility index (Phi) is 6.86. The lowest BCUT2D eigenvalue weighted by Crippen LogP contribution is -1.97. The molecule has 0 amide bonds. The van der Waals surface area contributed by atoms with E-state index in [1.165, 1.54) is 6.07 Å². The van der Waals surface area contributed by atoms with Gasteiger partial charge in [0.05, 0.1) is 5.69 Å². The van der Waals surface area contributed by atoms with Gasteiger partial charge in [0.15, 0.2) is 11.6 Å². The molecule has 4 rings (SSSR count). The van der Waals surface area contributed by atoms with Gasteiger partial charge in [0, 0.05) is 30.9 Å². The number of benzene rings is 3. The Bertz CT molecular complexity index is 1220. The van der Waals surface area contributed by atoms with Gasteiger partial charge in [0.25, 0.3) is 0 Å². The molecule has 0 aliphatic heterocycles. The Labute approximate surface area is 185 Å². The van der Waals surface area contributed by atoms with Crippen LogP contribution in [-0.2, 0) is 24.0 Å². The van der Waals surface area contributed by atoms with Crippen LogP contribution in [0, 0.1) is 17.5 Å². The summed E-state index contributed by atoms with van der Waals surface area (Å²) in [6, 6.07) is 17.1. The van der Waals surface area contributed by atoms with Gasteiger partial charge in [-0.05, 0) is 72.0 Å². The van der Waals surface area contributed by atoms with E-state index in [1.807, 2.05) is 30.5 Å². The number of aromatic nitrogens is 1. The molecule has 1 heterocycles. The first-order valence-corrected chi connectivity index (χ1v) is 10.6. The number of hydrogen-bond donors (Lipinski definition) is 0. The Morgan fingerprint density at radius 3 is 2.38 bits per heavy atom. The van der Waals surface area contributed by atoms with Crippen LogP contribution >= 0.6 is 0 Å². The van der Waals surface area contributed by atoms with Crippen molar-refractivity contribution in [3.8, 4) is 11.3 Å². The van der Waals surface area contributed by atoms with E-state index in [4.69, 9.17) is 4.74 Å². The molecule has 0 aliphatic carbocycles. The molecule has 5 heteroatoms. The Morgan fingerprint density at radius 1 is 0.781 bits per heavy atom. The fourth-order valence-electron chi connectivity index (χ4n) is 3.83. The molecule has 1 aromatic heterocycles. The fraction of sp³-hybridized carbons (Fsp3) is 0.222. The molecule has 0 spiro atoms. The molecule has 0 fully saturated rings. The normalized spacial score (nSPS) is 11.2. The SMILES string of the molecule is COCCCc1ccc(-c2ccc3c(F)c(CCc4ccc(F)c(F)c4)ccc3c2)nc1. The van der Waals surface area contributed by atoms with E-state index in [0.717, 1.165) is 53.8 Å². The minimum Gasteiger partial charge on any atom is -0.385 e. The summed E-state index contributed by atoms with van der Waals surface area (Å²) in [4.78, 5) is 4.56. The van der Waals surface area contributed by atoms with Crippen LogP contribution in [0.1, 0.15) is 23.1 Å². The topological polar surface area (TPSA) is 22.1 Å². The minimum atomic E-state index is -0.884. The third kappa shape index (κ3) is 5.00. The van der Waals surface area contributed by atoms with Crippen LogP contribution in [0.3, 0.4) is 0 Å². The summed E-state index contributed by atoms with van der Waals surface area (Å²) in [6.07, 6.45) is 4.57. The smallest absolute Gasteiger partial charge is 0.159 e. The zero-order chi connectivity index (χ0) is 22.5. The second kappa shape index (κ2) is 9.96. The first-order chi connectivity index (χ1) is 15.5. The molecule has 0 unspecified atom stereocenters. The van der Waals surface area contributed by atoms with E-state index in [0.29, 0.717) is 29.4 Å². The molecule has 3 aromatic carbocycles. The van der Waals surface area contributed by atoms with Crippen molar-refractivity contribution in [3.63, 3.8) is 0 Å². The van der Waals surface area contributed by atoms with Crippen molar-refractivity contribution in [1.29, 1.82) is 0 Å². The number of halogens is 3. The maximum atomic E-state index is 15.1. The molecule has 0 radical (unpaired) electrons. The van der Waals surface area contributed by atoms with Gasteiger partial charge in [-0.2, -0.15) is 0 Å². The van der Waals surface area contributed by atoms with Crippen molar-refractivity contribution in [1.82, 2.24) is 4.98 Å². The number of aryl methyl sites for hydroxylation is 3. The van der Waals surface area contributed by atoms with Crippen LogP contribution in [0.4, 0.5) is 13.2 Å². The van der Waals surface area contributed by atoms with Crippen molar-refractivity contribution in [2.75, 3.05) is 13.7 Å². The van der Waals surface area contributed by atoms with Gasteiger partial charge in [-0.15, -0.1) is 0 Å². The van der Waals surface area contributed by atoms with Gasteiger partial charge in [0.2, 0.25) is 0 Å². The maximum absolute atomic E-state index is 15.1. The van der Waals surface area contributed by atoms with E-state index in [2.05, 4.69) is 11.1 Å². The van der Waals surface area contributed by atoms with Gasteiger partial charge >= 0.3 is 0 Å². The molecule has 32 heavy (non-hydrogen) atoms. The monoisotopic (exact) mass is 435 g/mol. The van der Waals surface area contributed by atoms with Crippen LogP contribution < -0.4 is 0 Å². The molecular weight excluding hydrogens is 411 g/mol. The van der Waals surface area contributed by atoms with E-state index >= 15 is 4.39 Å². The third-order valence-corrected chi connectivity index (χ3v) is 5.64. The molecule has 0 saturated heterocycles. The molecule has 0 saturated carbocycles. The van der Waals surface area contributed by atoms with Crippen molar-refractivity contribution >= 4 is 10.8 Å². The number of nitrogens with zero attached hydrogens (tertiary/aromatic N) is 1. The zero-order valence-corrected chi connectivity index (χ0v) is 17.9. The standard InChI is InChI=1S/C27H24F3NO/c1-32-14-2-3-19-6-13-26(31-17-19)22-10-11-23-21(16-22)9-8-20(27(23)30)7-4-18-5-12-24(28)25(29)15-18/h5-6,8-13,15-17H,2-4,7,14H2,1H3. The Balaban J connectivity index is 1.51. The van der Waals surface area contributed by atoms with Crippen molar-refractivity contribution in [3.05, 3.63) is 101 Å². The second-order valence-electron chi connectivity index (χ2n) is 7.87. The summed E-state index contributed by atoms with van der Waals surface area (Å²) in [5.41, 5.74) is 4.10. The predicted molar refractivity (Wildman–Crippen MR) is 121 cm³/mol. The summed E-state index contributed by atoms with van der Waals surface area (Å²) in [5, 5.41) is 1.33. The lowest BCUT2D eigenvalue weighted by molar-refractivity contribution is 0.195. The predicted octanol–water partition coefficient (Wildman–Crippen LogP) is 6.68. The number of rotatable bonds is 8. The van der Waals surface area contributed by atoms with Crippen LogP contribution in [0.5, 0.6) is 0 Å². The summed E-state index contributed by atoms with van der Waals surface area (Å²) in [6.45, 7) is 0.723. The summed E-state index contributed by atoms with van der Waals surface area (Å²) < 4.78 is 46.7. The van der Waals surface area contributed by atoms with E-state index in [-0.39, 0.29) is 5.82 Å². The van der Waals surface area contributed by atoms with Crippen molar-refractivity contribution < 1.29 is 17.9 Å². The van der Waals surface area contributed by atoms with Crippen molar-refractivity contribution in [2.24, 2.45) is 0 Å². The first-order valence-electron chi connectivity index (χ1n) is 10.6. The molecule has 164 valence electrons. The number of pyridine rings is 1. The van der Waals surface area contributed by atoms with Crippen LogP contribution in [0.15, 0.2) is 66.9 Å². The summed E-state index contributed by atoms with van der Waals surface area (Å²) in [7, 11) is 1.69. The number of fused-ring (bicyclic) bond motifs is 1. The first kappa shape index (κ1) is 22.0. The van der Waals surface area contributed by atoms with Crippen molar-refractivity contribution in [2.45, 2.75) is 25.7 Å². The molecule has 2 nitrogen and oxygen atoms in total. The average Bonchev–Trinajstić information content (AvgIpc) is 2.81. The quantitative estimate of drug-likeness (QED) is 0.288. The van der Waals surface area contributed by atoms with E-state index in [1.54, 1.807) is 19.2 Å². The highest BCUT2D eigenvalue weighted by molar-refractivity contribution is 5.88. The van der Waals surface area contributed by atoms with Crippen LogP contribution in [0.25, 0.3) is 22.0 Å². The average molecular weight is 435 g/mol. The van der Waals surface area contributed by atoms with E-state index < -0.39 is 11.6 Å². The van der Waals surface area contributed by atoms with Crippen LogP contribution in [-0.4, -0.2) is 18.7 Å². The molecule has 4 aromatic rings. The third-order valence-electron chi connectivity index (χ3n) is 5.64. The molecule has 0 aliphatic rings. The molecular formula is C27H24F3NO. The van der Waals surface area contributed by atoms with Gasteiger partial charge < -0.3 is 4.74 Å². The minimum absolute atomic E-state index is 0.280. The molecule has 0 atom stereocenters. The molecule has 0 bridgehead atoms. The Hall–Kier alpha value is -3.18. The largest absolute Gasteiger partial charge is 0.385 e. The van der Waals surface area contributed by atoms with Gasteiger partial charge in [-0.3, -0.25) is 4.98 Å². The Morgan fingerprint density at radius 2 is 1.62 bits per heavy atom. The second-order valence-corrected chi connectivity index (χ2v) is 7.87.